The van der Waals surface area contributed by atoms with E-state index in [2.05, 4.69) is 67.3 Å². The Balaban J connectivity index is 1.62. The molecule has 0 bridgehead atoms. The summed E-state index contributed by atoms with van der Waals surface area (Å²) >= 11 is 0. The molecule has 6 nitrogen and oxygen atoms in total. The molecule has 2 atom stereocenters. The number of urea groups is 2. The smallest absolute Gasteiger partial charge is 0.315 e. The fourth-order valence-electron chi connectivity index (χ4n) is 6.49. The van der Waals surface area contributed by atoms with E-state index in [1.54, 1.807) is 0 Å². The molecule has 0 heterocycles. The van der Waals surface area contributed by atoms with E-state index in [1.807, 2.05) is 77.9 Å². The summed E-state index contributed by atoms with van der Waals surface area (Å²) in [4.78, 5) is 26.3. The lowest BCUT2D eigenvalue weighted by Gasteiger charge is -2.47. The Kier molecular flexibility index (Phi) is 9.71. The number of rotatable bonds is 9. The first-order valence-corrected chi connectivity index (χ1v) is 15.0. The van der Waals surface area contributed by atoms with Gasteiger partial charge in [-0.05, 0) is 106 Å². The van der Waals surface area contributed by atoms with E-state index in [-0.39, 0.29) is 28.9 Å². The number of carbonyl (C=O) groups is 2. The van der Waals surface area contributed by atoms with Gasteiger partial charge in [-0.3, -0.25) is 0 Å². The van der Waals surface area contributed by atoms with Gasteiger partial charge in [-0.25, -0.2) is 9.59 Å². The first kappa shape index (κ1) is 33.0. The van der Waals surface area contributed by atoms with E-state index in [0.29, 0.717) is 6.54 Å². The van der Waals surface area contributed by atoms with E-state index in [1.165, 1.54) is 0 Å². The van der Waals surface area contributed by atoms with Crippen LogP contribution in [0, 0.1) is 10.8 Å². The highest BCUT2D eigenvalue weighted by Crippen LogP contribution is 2.45. The number of hydrogen-bond donors (Lipinski definition) is 4. The van der Waals surface area contributed by atoms with Crippen LogP contribution in [0.5, 0.6) is 0 Å². The Hall–Kier alpha value is -3.54. The first-order valence-electron chi connectivity index (χ1n) is 15.0. The van der Waals surface area contributed by atoms with E-state index in [4.69, 9.17) is 0 Å². The minimum atomic E-state index is -0.556. The summed E-state index contributed by atoms with van der Waals surface area (Å²) in [6.07, 6.45) is 2.60. The maximum atomic E-state index is 13.2. The largest absolute Gasteiger partial charge is 0.338 e. The van der Waals surface area contributed by atoms with E-state index < -0.39 is 11.1 Å². The van der Waals surface area contributed by atoms with Gasteiger partial charge >= 0.3 is 12.1 Å². The molecule has 0 saturated heterocycles. The van der Waals surface area contributed by atoms with Gasteiger partial charge in [0.25, 0.3) is 0 Å². The molecule has 2 unspecified atom stereocenters. The van der Waals surface area contributed by atoms with Crippen LogP contribution in [0.25, 0.3) is 11.1 Å². The lowest BCUT2D eigenvalue weighted by Crippen LogP contribution is -2.55. The topological polar surface area (TPSA) is 82.3 Å². The summed E-state index contributed by atoms with van der Waals surface area (Å²) in [5, 5.41) is 12.7. The summed E-state index contributed by atoms with van der Waals surface area (Å²) in [6, 6.07) is 15.9. The molecule has 2 aromatic rings. The third kappa shape index (κ3) is 8.73. The fraction of sp³-hybridized carbons (Fsp3) is 0.500. The second-order valence-electron chi connectivity index (χ2n) is 14.6. The lowest BCUT2D eigenvalue weighted by molar-refractivity contribution is 0.0742. The number of carbonyl (C=O) groups excluding carboxylic acids is 2. The van der Waals surface area contributed by atoms with Gasteiger partial charge in [0.05, 0.1) is 11.1 Å². The van der Waals surface area contributed by atoms with Crippen LogP contribution in [0.1, 0.15) is 104 Å². The number of nitrogens with one attached hydrogen (secondary N) is 4. The van der Waals surface area contributed by atoms with Crippen molar-refractivity contribution in [2.24, 2.45) is 10.8 Å². The third-order valence-corrected chi connectivity index (χ3v) is 8.46. The molecular weight excluding hydrogens is 520 g/mol. The number of benzene rings is 2. The van der Waals surface area contributed by atoms with Crippen LogP contribution < -0.4 is 21.3 Å². The molecule has 0 aromatic heterocycles. The van der Waals surface area contributed by atoms with Crippen molar-refractivity contribution in [1.82, 2.24) is 21.3 Å². The van der Waals surface area contributed by atoms with Crippen LogP contribution in [0.4, 0.5) is 9.59 Å². The summed E-state index contributed by atoms with van der Waals surface area (Å²) in [5.41, 5.74) is 4.87. The normalized spacial score (nSPS) is 20.3. The summed E-state index contributed by atoms with van der Waals surface area (Å²) in [7, 11) is 0. The molecule has 0 radical (unpaired) electrons. The zero-order valence-corrected chi connectivity index (χ0v) is 27.3. The maximum absolute atomic E-state index is 13.2. The van der Waals surface area contributed by atoms with Crippen molar-refractivity contribution in [1.29, 1.82) is 0 Å². The van der Waals surface area contributed by atoms with Crippen molar-refractivity contribution in [3.8, 4) is 0 Å². The number of hydrogen-bond acceptors (Lipinski definition) is 2. The predicted molar refractivity (Wildman–Crippen MR) is 176 cm³/mol. The molecule has 1 fully saturated rings. The molecule has 1 aliphatic carbocycles. The van der Waals surface area contributed by atoms with Crippen LogP contribution in [-0.2, 0) is 11.1 Å². The van der Waals surface area contributed by atoms with Gasteiger partial charge in [-0.15, -0.1) is 0 Å². The molecule has 42 heavy (non-hydrogen) atoms. The van der Waals surface area contributed by atoms with Crippen LogP contribution in [-0.4, -0.2) is 24.6 Å². The maximum Gasteiger partial charge on any atom is 0.315 e. The molecule has 1 aliphatic rings. The molecule has 2 aromatic carbocycles. The second-order valence-corrected chi connectivity index (χ2v) is 14.6. The van der Waals surface area contributed by atoms with E-state index >= 15 is 0 Å². The molecule has 4 amide bonds. The molecular formula is C36H52N4O2. The average molecular weight is 573 g/mol. The monoisotopic (exact) mass is 572 g/mol. The van der Waals surface area contributed by atoms with Crippen molar-refractivity contribution < 1.29 is 9.59 Å². The zero-order valence-electron chi connectivity index (χ0n) is 27.3. The predicted octanol–water partition coefficient (Wildman–Crippen LogP) is 8.11. The Morgan fingerprint density at radius 2 is 1.29 bits per heavy atom. The highest BCUT2D eigenvalue weighted by molar-refractivity contribution is 5.76. The number of allylic oxidation sites excluding steroid dienone is 2. The standard InChI is InChI=1S/C36H52N4O2/c1-24(2)26-14-12-16-28(18-26)34(7,8)39-31(41)37-23-36(11)21-30(20-33(5,6)22-36)38-32(42)40-35(9,10)29-17-13-15-27(19-29)25(3)4/h12-19,30H,1,3,20-23H2,2,4-11H3,(H2,37,39,41)(H2,38,40,42). The fourth-order valence-corrected chi connectivity index (χ4v) is 6.49. The van der Waals surface area contributed by atoms with Gasteiger partial charge in [-0.2, -0.15) is 0 Å². The molecule has 0 spiro atoms. The first-order chi connectivity index (χ1) is 19.3. The SMILES string of the molecule is C=C(C)c1cccc(C(C)(C)NC(=O)NCC2(C)CC(NC(=O)NC(C)(C)c3cccc(C(=C)C)c3)CC(C)(C)C2)c1. The lowest BCUT2D eigenvalue weighted by atomic mass is 9.62. The highest BCUT2D eigenvalue weighted by atomic mass is 16.2. The van der Waals surface area contributed by atoms with Gasteiger partial charge < -0.3 is 21.3 Å². The van der Waals surface area contributed by atoms with E-state index in [0.717, 1.165) is 52.7 Å². The van der Waals surface area contributed by atoms with Crippen LogP contribution in [0.2, 0.25) is 0 Å². The van der Waals surface area contributed by atoms with Crippen molar-refractivity contribution in [3.63, 3.8) is 0 Å². The molecule has 1 saturated carbocycles. The van der Waals surface area contributed by atoms with Gasteiger partial charge in [0.2, 0.25) is 0 Å². The van der Waals surface area contributed by atoms with Crippen molar-refractivity contribution in [2.75, 3.05) is 6.54 Å². The minimum Gasteiger partial charge on any atom is -0.338 e. The molecule has 0 aliphatic heterocycles. The third-order valence-electron chi connectivity index (χ3n) is 8.46. The Morgan fingerprint density at radius 3 is 1.76 bits per heavy atom. The molecule has 6 heteroatoms. The Morgan fingerprint density at radius 1 is 0.810 bits per heavy atom. The van der Waals surface area contributed by atoms with Gasteiger partial charge in [0.1, 0.15) is 0 Å². The van der Waals surface area contributed by atoms with E-state index in [9.17, 15) is 9.59 Å². The zero-order chi connectivity index (χ0) is 31.5. The van der Waals surface area contributed by atoms with Crippen molar-refractivity contribution in [3.05, 3.63) is 83.9 Å². The Bertz CT molecular complexity index is 1340. The average Bonchev–Trinajstić information content (AvgIpc) is 2.86. The van der Waals surface area contributed by atoms with Crippen LogP contribution in [0.15, 0.2) is 61.7 Å². The summed E-state index contributed by atoms with van der Waals surface area (Å²) in [5.74, 6) is 0. The second kappa shape index (κ2) is 12.4. The summed E-state index contributed by atoms with van der Waals surface area (Å²) in [6.45, 7) is 27.3. The van der Waals surface area contributed by atoms with Crippen molar-refractivity contribution >= 4 is 23.2 Å². The van der Waals surface area contributed by atoms with Crippen LogP contribution >= 0.6 is 0 Å². The van der Waals surface area contributed by atoms with Crippen molar-refractivity contribution in [2.45, 2.75) is 98.7 Å². The summed E-state index contributed by atoms with van der Waals surface area (Å²) < 4.78 is 0. The minimum absolute atomic E-state index is 0.0106. The van der Waals surface area contributed by atoms with Gasteiger partial charge in [0.15, 0.2) is 0 Å². The molecule has 3 rings (SSSR count). The number of amides is 4. The van der Waals surface area contributed by atoms with Gasteiger partial charge in [-0.1, -0.05) is 81.5 Å². The van der Waals surface area contributed by atoms with Gasteiger partial charge in [0, 0.05) is 12.6 Å². The molecule has 228 valence electrons. The van der Waals surface area contributed by atoms with Crippen LogP contribution in [0.3, 0.4) is 0 Å². The quantitative estimate of drug-likeness (QED) is 0.245. The highest BCUT2D eigenvalue weighted by Gasteiger charge is 2.42. The Labute approximate surface area is 253 Å². The molecule has 4 N–H and O–H groups in total.